The number of nitrogens with zero attached hydrogens (tertiary/aromatic N) is 4. The van der Waals surface area contributed by atoms with Gasteiger partial charge in [-0.25, -0.2) is 16.8 Å². The molecule has 0 N–H and O–H groups in total. The van der Waals surface area contributed by atoms with Crippen molar-refractivity contribution in [2.75, 3.05) is 31.1 Å². The maximum atomic E-state index is 14.3. The lowest BCUT2D eigenvalue weighted by molar-refractivity contribution is 0.231. The third kappa shape index (κ3) is 2.70. The monoisotopic (exact) mass is 400 g/mol. The summed E-state index contributed by atoms with van der Waals surface area (Å²) in [5, 5.41) is 0. The van der Waals surface area contributed by atoms with Gasteiger partial charge >= 0.3 is 0 Å². The number of hydrogen-bond donors (Lipinski definition) is 0. The molecule has 1 unspecified atom stereocenters. The zero-order valence-corrected chi connectivity index (χ0v) is 16.1. The Hall–Kier alpha value is -2.45. The minimum absolute atomic E-state index is 0.331. The third-order valence-corrected chi connectivity index (χ3v) is 7.51. The van der Waals surface area contributed by atoms with Gasteiger partial charge in [0.05, 0.1) is 11.2 Å². The van der Waals surface area contributed by atoms with Crippen LogP contribution in [-0.4, -0.2) is 54.5 Å². The van der Waals surface area contributed by atoms with Gasteiger partial charge in [0.15, 0.2) is 0 Å². The largest absolute Gasteiger partial charge is 0.366 e. The topological polar surface area (TPSA) is 58.4 Å². The summed E-state index contributed by atoms with van der Waals surface area (Å²) in [4.78, 5) is 8.84. The summed E-state index contributed by atoms with van der Waals surface area (Å²) >= 11 is 0. The Balaban J connectivity index is 1.63. The minimum atomic E-state index is -4.07. The Labute approximate surface area is 163 Å². The van der Waals surface area contributed by atoms with Crippen LogP contribution in [0.1, 0.15) is 12.8 Å². The van der Waals surface area contributed by atoms with Crippen molar-refractivity contribution in [2.45, 2.75) is 23.8 Å². The zero-order valence-electron chi connectivity index (χ0n) is 15.3. The van der Waals surface area contributed by atoms with E-state index in [2.05, 4.69) is 14.8 Å². The molecule has 2 aromatic heterocycles. The SMILES string of the molecule is O=S(=O)(c1ccccc1F)n1cc(N2CCN3CCCC3C2)c2ncccc21. The number of pyridine rings is 1. The average Bonchev–Trinajstić information content (AvgIpc) is 3.32. The predicted molar refractivity (Wildman–Crippen MR) is 106 cm³/mol. The van der Waals surface area contributed by atoms with Crippen molar-refractivity contribution in [3.05, 3.63) is 54.6 Å². The maximum absolute atomic E-state index is 14.3. The number of anilines is 1. The van der Waals surface area contributed by atoms with Gasteiger partial charge < -0.3 is 4.90 Å². The van der Waals surface area contributed by atoms with Crippen molar-refractivity contribution >= 4 is 26.7 Å². The van der Waals surface area contributed by atoms with Gasteiger partial charge in [0.25, 0.3) is 10.0 Å². The molecule has 8 heteroatoms. The van der Waals surface area contributed by atoms with Crippen LogP contribution in [0.15, 0.2) is 53.7 Å². The van der Waals surface area contributed by atoms with Gasteiger partial charge in [-0.3, -0.25) is 9.88 Å². The molecule has 0 bridgehead atoms. The molecule has 5 rings (SSSR count). The molecule has 1 aromatic carbocycles. The van der Waals surface area contributed by atoms with E-state index in [-0.39, 0.29) is 4.90 Å². The van der Waals surface area contributed by atoms with Crippen molar-refractivity contribution in [1.82, 2.24) is 13.9 Å². The van der Waals surface area contributed by atoms with Crippen LogP contribution < -0.4 is 4.90 Å². The summed E-state index contributed by atoms with van der Waals surface area (Å²) in [5.74, 6) is -0.755. The molecular weight excluding hydrogens is 379 g/mol. The number of rotatable bonds is 3. The molecule has 0 spiro atoms. The molecule has 0 amide bonds. The van der Waals surface area contributed by atoms with Gasteiger partial charge in [-0.2, -0.15) is 0 Å². The van der Waals surface area contributed by atoms with Gasteiger partial charge in [0, 0.05) is 38.1 Å². The molecular formula is C20H21FN4O2S. The van der Waals surface area contributed by atoms with E-state index >= 15 is 0 Å². The quantitative estimate of drug-likeness (QED) is 0.677. The lowest BCUT2D eigenvalue weighted by atomic mass is 10.1. The highest BCUT2D eigenvalue weighted by atomic mass is 32.2. The van der Waals surface area contributed by atoms with Crippen LogP contribution in [0.5, 0.6) is 0 Å². The summed E-state index contributed by atoms with van der Waals surface area (Å²) in [6, 6.07) is 9.39. The number of aromatic nitrogens is 2. The van der Waals surface area contributed by atoms with Crippen molar-refractivity contribution in [1.29, 1.82) is 0 Å². The average molecular weight is 400 g/mol. The molecule has 2 fully saturated rings. The Morgan fingerprint density at radius 3 is 2.79 bits per heavy atom. The fourth-order valence-electron chi connectivity index (χ4n) is 4.41. The molecule has 0 aliphatic carbocycles. The molecule has 3 aromatic rings. The molecule has 0 saturated carbocycles. The Morgan fingerprint density at radius 2 is 1.93 bits per heavy atom. The van der Waals surface area contributed by atoms with E-state index in [1.54, 1.807) is 24.5 Å². The van der Waals surface area contributed by atoms with E-state index in [1.165, 1.54) is 28.6 Å². The summed E-state index contributed by atoms with van der Waals surface area (Å²) < 4.78 is 41.9. The highest BCUT2D eigenvalue weighted by molar-refractivity contribution is 7.90. The fourth-order valence-corrected chi connectivity index (χ4v) is 5.84. The van der Waals surface area contributed by atoms with E-state index < -0.39 is 15.8 Å². The van der Waals surface area contributed by atoms with Crippen LogP contribution in [-0.2, 0) is 10.0 Å². The lowest BCUT2D eigenvalue weighted by Gasteiger charge is -2.38. The van der Waals surface area contributed by atoms with Crippen molar-refractivity contribution < 1.29 is 12.8 Å². The van der Waals surface area contributed by atoms with E-state index in [1.807, 2.05) is 0 Å². The zero-order chi connectivity index (χ0) is 19.3. The Morgan fingerprint density at radius 1 is 1.07 bits per heavy atom. The molecule has 146 valence electrons. The Kier molecular flexibility index (Phi) is 4.13. The summed E-state index contributed by atoms with van der Waals surface area (Å²) in [5.41, 5.74) is 1.89. The summed E-state index contributed by atoms with van der Waals surface area (Å²) in [6.07, 6.45) is 5.64. The molecule has 0 radical (unpaired) electrons. The second kappa shape index (κ2) is 6.56. The molecule has 2 aliphatic heterocycles. The van der Waals surface area contributed by atoms with Gasteiger partial charge in [-0.15, -0.1) is 0 Å². The first-order chi connectivity index (χ1) is 13.6. The molecule has 4 heterocycles. The Bertz CT molecular complexity index is 1140. The van der Waals surface area contributed by atoms with Crippen LogP contribution in [0.2, 0.25) is 0 Å². The van der Waals surface area contributed by atoms with E-state index in [0.717, 1.165) is 44.4 Å². The van der Waals surface area contributed by atoms with Crippen molar-refractivity contribution in [3.63, 3.8) is 0 Å². The normalized spacial score (nSPS) is 20.6. The van der Waals surface area contributed by atoms with Gasteiger partial charge in [0.2, 0.25) is 0 Å². The number of piperazine rings is 1. The number of benzene rings is 1. The van der Waals surface area contributed by atoms with E-state index in [0.29, 0.717) is 17.1 Å². The standard InChI is InChI=1S/C20H21FN4O2S/c21-16-6-1-2-8-19(16)28(26,27)25-14-18(20-17(25)7-3-9-22-20)24-12-11-23-10-4-5-15(23)13-24/h1-3,6-9,14-15H,4-5,10-13H2. The highest BCUT2D eigenvalue weighted by Crippen LogP contribution is 2.33. The van der Waals surface area contributed by atoms with Crippen LogP contribution in [0, 0.1) is 5.82 Å². The summed E-state index contributed by atoms with van der Waals surface area (Å²) in [6.45, 7) is 3.78. The smallest absolute Gasteiger partial charge is 0.271 e. The molecule has 28 heavy (non-hydrogen) atoms. The third-order valence-electron chi connectivity index (χ3n) is 5.81. The minimum Gasteiger partial charge on any atom is -0.366 e. The van der Waals surface area contributed by atoms with Gasteiger partial charge in [-0.1, -0.05) is 12.1 Å². The number of hydrogen-bond acceptors (Lipinski definition) is 5. The van der Waals surface area contributed by atoms with E-state index in [4.69, 9.17) is 0 Å². The first kappa shape index (κ1) is 17.6. The first-order valence-electron chi connectivity index (χ1n) is 9.51. The molecule has 2 saturated heterocycles. The fraction of sp³-hybridized carbons (Fsp3) is 0.350. The molecule has 2 aliphatic rings. The maximum Gasteiger partial charge on any atom is 0.271 e. The second-order valence-corrected chi connectivity index (χ2v) is 9.18. The predicted octanol–water partition coefficient (Wildman–Crippen LogP) is 2.70. The molecule has 6 nitrogen and oxygen atoms in total. The van der Waals surface area contributed by atoms with Crippen molar-refractivity contribution in [2.24, 2.45) is 0 Å². The van der Waals surface area contributed by atoms with E-state index in [9.17, 15) is 12.8 Å². The van der Waals surface area contributed by atoms with Gasteiger partial charge in [0.1, 0.15) is 16.2 Å². The van der Waals surface area contributed by atoms with Crippen molar-refractivity contribution in [3.8, 4) is 0 Å². The summed E-state index contributed by atoms with van der Waals surface area (Å²) in [7, 11) is -4.07. The van der Waals surface area contributed by atoms with Gasteiger partial charge in [-0.05, 0) is 43.7 Å². The number of fused-ring (bicyclic) bond motifs is 2. The van der Waals surface area contributed by atoms with Crippen LogP contribution in [0.3, 0.4) is 0 Å². The van der Waals surface area contributed by atoms with Crippen LogP contribution in [0.4, 0.5) is 10.1 Å². The second-order valence-electron chi connectivity index (χ2n) is 7.39. The van der Waals surface area contributed by atoms with Crippen LogP contribution >= 0.6 is 0 Å². The van der Waals surface area contributed by atoms with Crippen LogP contribution in [0.25, 0.3) is 11.0 Å². The first-order valence-corrected chi connectivity index (χ1v) is 10.9. The molecule has 1 atom stereocenters. The lowest BCUT2D eigenvalue weighted by Crippen LogP contribution is -2.50. The highest BCUT2D eigenvalue weighted by Gasteiger charge is 2.33. The number of halogens is 1.